The third kappa shape index (κ3) is 25.7. The van der Waals surface area contributed by atoms with E-state index >= 15 is 0 Å². The number of unbranched alkanes of at least 4 members (excludes halogenated alkanes) is 12. The summed E-state index contributed by atoms with van der Waals surface area (Å²) in [5, 5.41) is 27.5. The molecule has 3 N–H and O–H groups in total. The number of hydrogen-bond donors (Lipinski definition) is 3. The maximum atomic E-state index is 9.77. The highest BCUT2D eigenvalue weighted by molar-refractivity contribution is 5.36. The molecule has 0 saturated carbocycles. The van der Waals surface area contributed by atoms with Gasteiger partial charge in [0.25, 0.3) is 0 Å². The van der Waals surface area contributed by atoms with Crippen molar-refractivity contribution in [3.05, 3.63) is 24.3 Å². The molecule has 0 heterocycles. The fourth-order valence-corrected chi connectivity index (χ4v) is 3.22. The lowest BCUT2D eigenvalue weighted by atomic mass is 10.1. The van der Waals surface area contributed by atoms with Crippen LogP contribution < -0.4 is 0 Å². The van der Waals surface area contributed by atoms with E-state index in [4.69, 9.17) is 11.5 Å². The molecule has 0 fully saturated rings. The van der Waals surface area contributed by atoms with E-state index in [0.717, 1.165) is 25.7 Å². The molecule has 0 saturated heterocycles. The molecule has 3 nitrogen and oxygen atoms in total. The Bertz CT molecular complexity index is 737. The van der Waals surface area contributed by atoms with E-state index in [-0.39, 0.29) is 6.61 Å². The van der Waals surface area contributed by atoms with Gasteiger partial charge >= 0.3 is 0 Å². The standard InChI is InChI=1S/C30H42O3/c1-2-29(32)25-21-17-14-12-10-8-6-4-3-5-7-9-11-13-15-18-22-26-30(33)27-23-19-16-20-24-28-31/h1,3,5,21,25,29-33H,4,6-15,17-18,22,26,28H2. The second kappa shape index (κ2) is 25.9. The SMILES string of the molecule is C#CC(O)C=CCCCCCCCC=CCCCCCCCCC(O)C#CC#CC#CCO. The van der Waals surface area contributed by atoms with E-state index in [1.807, 2.05) is 6.08 Å². The van der Waals surface area contributed by atoms with Crippen molar-refractivity contribution < 1.29 is 15.3 Å². The van der Waals surface area contributed by atoms with Crippen molar-refractivity contribution in [1.82, 2.24) is 0 Å². The summed E-state index contributed by atoms with van der Waals surface area (Å²) < 4.78 is 0. The smallest absolute Gasteiger partial charge is 0.133 e. The molecule has 0 bridgehead atoms. The molecule has 3 heteroatoms. The maximum Gasteiger partial charge on any atom is 0.133 e. The van der Waals surface area contributed by atoms with Crippen LogP contribution in [0, 0.1) is 47.9 Å². The van der Waals surface area contributed by atoms with Crippen LogP contribution in [0.1, 0.15) is 96.3 Å². The molecular formula is C30H42O3. The highest BCUT2D eigenvalue weighted by Crippen LogP contribution is 2.11. The summed E-state index contributed by atoms with van der Waals surface area (Å²) in [5.74, 6) is 17.5. The molecule has 2 unspecified atom stereocenters. The Morgan fingerprint density at radius 2 is 1.15 bits per heavy atom. The minimum Gasteiger partial charge on any atom is -0.384 e. The van der Waals surface area contributed by atoms with Crippen molar-refractivity contribution in [3.8, 4) is 47.9 Å². The fourth-order valence-electron chi connectivity index (χ4n) is 3.22. The Kier molecular flexibility index (Phi) is 24.0. The van der Waals surface area contributed by atoms with Gasteiger partial charge in [-0.1, -0.05) is 80.9 Å². The van der Waals surface area contributed by atoms with Crippen LogP contribution in [0.15, 0.2) is 24.3 Å². The first kappa shape index (κ1) is 30.6. The second-order valence-corrected chi connectivity index (χ2v) is 8.05. The van der Waals surface area contributed by atoms with Gasteiger partial charge in [-0.3, -0.25) is 0 Å². The minimum atomic E-state index is -0.736. The third-order valence-corrected chi connectivity index (χ3v) is 5.09. The Morgan fingerprint density at radius 3 is 1.73 bits per heavy atom. The molecular weight excluding hydrogens is 408 g/mol. The van der Waals surface area contributed by atoms with E-state index in [2.05, 4.69) is 53.6 Å². The quantitative estimate of drug-likeness (QED) is 0.151. The summed E-state index contributed by atoms with van der Waals surface area (Å²) in [5.41, 5.74) is 0. The van der Waals surface area contributed by atoms with Gasteiger partial charge in [-0.05, 0) is 81.1 Å². The predicted octanol–water partition coefficient (Wildman–Crippen LogP) is 5.31. The van der Waals surface area contributed by atoms with Crippen LogP contribution in [-0.2, 0) is 0 Å². The summed E-state index contributed by atoms with van der Waals surface area (Å²) >= 11 is 0. The molecule has 2 atom stereocenters. The lowest BCUT2D eigenvalue weighted by Gasteiger charge is -2.03. The first-order chi connectivity index (χ1) is 16.2. The van der Waals surface area contributed by atoms with Gasteiger partial charge in [-0.2, -0.15) is 0 Å². The van der Waals surface area contributed by atoms with Crippen molar-refractivity contribution in [1.29, 1.82) is 0 Å². The molecule has 0 radical (unpaired) electrons. The Labute approximate surface area is 202 Å². The summed E-state index contributed by atoms with van der Waals surface area (Å²) in [6.45, 7) is -0.204. The molecule has 0 aliphatic rings. The van der Waals surface area contributed by atoms with E-state index in [1.165, 1.54) is 64.2 Å². The van der Waals surface area contributed by atoms with Crippen LogP contribution in [0.3, 0.4) is 0 Å². The summed E-state index contributed by atoms with van der Waals surface area (Å²) in [6, 6.07) is 0. The average molecular weight is 451 g/mol. The molecule has 0 aromatic carbocycles. The second-order valence-electron chi connectivity index (χ2n) is 8.05. The zero-order valence-corrected chi connectivity index (χ0v) is 20.2. The van der Waals surface area contributed by atoms with Crippen LogP contribution in [0.4, 0.5) is 0 Å². The van der Waals surface area contributed by atoms with E-state index in [9.17, 15) is 10.2 Å². The molecule has 0 aromatic rings. The van der Waals surface area contributed by atoms with Crippen LogP contribution in [-0.4, -0.2) is 34.1 Å². The van der Waals surface area contributed by atoms with Crippen LogP contribution in [0.25, 0.3) is 0 Å². The van der Waals surface area contributed by atoms with Crippen molar-refractivity contribution in [2.24, 2.45) is 0 Å². The number of terminal acetylenes is 1. The largest absolute Gasteiger partial charge is 0.384 e. The first-order valence-electron chi connectivity index (χ1n) is 12.4. The zero-order valence-electron chi connectivity index (χ0n) is 20.2. The lowest BCUT2D eigenvalue weighted by Crippen LogP contribution is -2.01. The summed E-state index contributed by atoms with van der Waals surface area (Å²) in [7, 11) is 0. The van der Waals surface area contributed by atoms with Gasteiger partial charge in [-0.15, -0.1) is 6.42 Å². The topological polar surface area (TPSA) is 60.7 Å². The lowest BCUT2D eigenvalue weighted by molar-refractivity contribution is 0.217. The predicted molar refractivity (Wildman–Crippen MR) is 139 cm³/mol. The third-order valence-electron chi connectivity index (χ3n) is 5.09. The zero-order chi connectivity index (χ0) is 24.2. The van der Waals surface area contributed by atoms with Crippen molar-refractivity contribution >= 4 is 0 Å². The maximum absolute atomic E-state index is 9.77. The molecule has 0 rings (SSSR count). The molecule has 0 spiro atoms. The van der Waals surface area contributed by atoms with Crippen LogP contribution >= 0.6 is 0 Å². The fraction of sp³-hybridized carbons (Fsp3) is 0.600. The number of aliphatic hydroxyl groups is 3. The van der Waals surface area contributed by atoms with Crippen LogP contribution in [0.2, 0.25) is 0 Å². The first-order valence-corrected chi connectivity index (χ1v) is 12.4. The van der Waals surface area contributed by atoms with E-state index in [1.54, 1.807) is 6.08 Å². The van der Waals surface area contributed by atoms with Gasteiger partial charge < -0.3 is 15.3 Å². The van der Waals surface area contributed by atoms with E-state index in [0.29, 0.717) is 6.42 Å². The number of rotatable bonds is 18. The van der Waals surface area contributed by atoms with Gasteiger partial charge in [0.15, 0.2) is 0 Å². The van der Waals surface area contributed by atoms with Crippen molar-refractivity contribution in [3.63, 3.8) is 0 Å². The van der Waals surface area contributed by atoms with Crippen molar-refractivity contribution in [2.45, 2.75) is 109 Å². The summed E-state index contributed by atoms with van der Waals surface area (Å²) in [4.78, 5) is 0. The normalized spacial score (nSPS) is 12.2. The molecule has 180 valence electrons. The van der Waals surface area contributed by atoms with Gasteiger partial charge in [0, 0.05) is 0 Å². The Morgan fingerprint density at radius 1 is 0.636 bits per heavy atom. The van der Waals surface area contributed by atoms with Gasteiger partial charge in [0.05, 0.1) is 0 Å². The Hall–Kier alpha value is -2.40. The number of allylic oxidation sites excluding steroid dienone is 3. The minimum absolute atomic E-state index is 0.204. The molecule has 0 aliphatic carbocycles. The average Bonchev–Trinajstić information content (AvgIpc) is 2.82. The number of hydrogen-bond acceptors (Lipinski definition) is 3. The summed E-state index contributed by atoms with van der Waals surface area (Å²) in [6.07, 6.45) is 29.4. The van der Waals surface area contributed by atoms with Crippen molar-refractivity contribution in [2.75, 3.05) is 6.61 Å². The van der Waals surface area contributed by atoms with Crippen LogP contribution in [0.5, 0.6) is 0 Å². The van der Waals surface area contributed by atoms with Gasteiger partial charge in [0.1, 0.15) is 18.8 Å². The molecule has 33 heavy (non-hydrogen) atoms. The highest BCUT2D eigenvalue weighted by Gasteiger charge is 1.98. The molecule has 0 amide bonds. The highest BCUT2D eigenvalue weighted by atomic mass is 16.3. The Balaban J connectivity index is 3.39. The molecule has 0 aliphatic heterocycles. The monoisotopic (exact) mass is 450 g/mol. The number of aliphatic hydroxyl groups excluding tert-OH is 3. The van der Waals surface area contributed by atoms with E-state index < -0.39 is 12.2 Å². The molecule has 0 aromatic heterocycles. The van der Waals surface area contributed by atoms with Gasteiger partial charge in [-0.25, -0.2) is 0 Å². The van der Waals surface area contributed by atoms with Gasteiger partial charge in [0.2, 0.25) is 0 Å².